The van der Waals surface area contributed by atoms with Crippen LogP contribution in [0.2, 0.25) is 0 Å². The molecule has 0 amide bonds. The van der Waals surface area contributed by atoms with Gasteiger partial charge in [-0.2, -0.15) is 0 Å². The third-order valence-corrected chi connectivity index (χ3v) is 4.28. The Labute approximate surface area is 170 Å². The van der Waals surface area contributed by atoms with E-state index in [9.17, 15) is 14.4 Å². The third kappa shape index (κ3) is 6.45. The van der Waals surface area contributed by atoms with Crippen LogP contribution in [0, 0.1) is 0 Å². The lowest BCUT2D eigenvalue weighted by Gasteiger charge is -2.40. The summed E-state index contributed by atoms with van der Waals surface area (Å²) in [7, 11) is 0. The van der Waals surface area contributed by atoms with Crippen molar-refractivity contribution < 1.29 is 38.1 Å². The molecule has 160 valence electrons. The van der Waals surface area contributed by atoms with Crippen LogP contribution in [0.25, 0.3) is 0 Å². The van der Waals surface area contributed by atoms with E-state index in [1.807, 2.05) is 12.1 Å². The third-order valence-electron chi connectivity index (χ3n) is 4.28. The van der Waals surface area contributed by atoms with Gasteiger partial charge in [0.25, 0.3) is 0 Å². The number of carbonyl (C=O) groups excluding carboxylic acids is 3. The first kappa shape index (κ1) is 22.7. The van der Waals surface area contributed by atoms with Crippen LogP contribution in [0.1, 0.15) is 47.1 Å². The zero-order valence-electron chi connectivity index (χ0n) is 17.6. The van der Waals surface area contributed by atoms with Crippen molar-refractivity contribution in [1.82, 2.24) is 0 Å². The number of rotatable bonds is 5. The van der Waals surface area contributed by atoms with Crippen LogP contribution in [0.15, 0.2) is 24.3 Å². The van der Waals surface area contributed by atoms with Gasteiger partial charge in [-0.25, -0.2) is 0 Å². The Morgan fingerprint density at radius 3 is 1.86 bits per heavy atom. The monoisotopic (exact) mass is 408 g/mol. The van der Waals surface area contributed by atoms with Gasteiger partial charge in [0.2, 0.25) is 12.4 Å². The van der Waals surface area contributed by atoms with Gasteiger partial charge >= 0.3 is 17.9 Å². The zero-order chi connectivity index (χ0) is 21.8. The van der Waals surface area contributed by atoms with Crippen molar-refractivity contribution in [3.05, 3.63) is 29.8 Å². The van der Waals surface area contributed by atoms with Gasteiger partial charge in [0.15, 0.2) is 12.2 Å². The quantitative estimate of drug-likeness (QED) is 0.542. The van der Waals surface area contributed by atoms with Gasteiger partial charge in [0.1, 0.15) is 5.75 Å². The first-order chi connectivity index (χ1) is 13.5. The lowest BCUT2D eigenvalue weighted by Crippen LogP contribution is -2.59. The van der Waals surface area contributed by atoms with Crippen LogP contribution in [0.4, 0.5) is 0 Å². The maximum Gasteiger partial charge on any atom is 0.303 e. The fraction of sp³-hybridized carbons (Fsp3) is 0.571. The Morgan fingerprint density at radius 2 is 1.38 bits per heavy atom. The molecule has 2 rings (SSSR count). The Kier molecular flexibility index (Phi) is 7.24. The van der Waals surface area contributed by atoms with E-state index in [1.165, 1.54) is 20.8 Å². The van der Waals surface area contributed by atoms with Crippen molar-refractivity contribution >= 4 is 17.9 Å². The highest BCUT2D eigenvalue weighted by Gasteiger charge is 2.48. The van der Waals surface area contributed by atoms with Gasteiger partial charge in [-0.1, -0.05) is 32.9 Å². The average Bonchev–Trinajstić information content (AvgIpc) is 2.58. The number of esters is 3. The zero-order valence-corrected chi connectivity index (χ0v) is 17.6. The van der Waals surface area contributed by atoms with Crippen molar-refractivity contribution in [2.24, 2.45) is 0 Å². The summed E-state index contributed by atoms with van der Waals surface area (Å²) in [5, 5.41) is 0. The molecule has 1 fully saturated rings. The fourth-order valence-corrected chi connectivity index (χ4v) is 2.98. The molecular weight excluding hydrogens is 380 g/mol. The molecule has 1 aliphatic heterocycles. The molecule has 0 saturated carbocycles. The van der Waals surface area contributed by atoms with Gasteiger partial charge < -0.3 is 23.7 Å². The van der Waals surface area contributed by atoms with Crippen molar-refractivity contribution in [1.29, 1.82) is 0 Å². The molecule has 0 radical (unpaired) electrons. The van der Waals surface area contributed by atoms with Gasteiger partial charge in [-0.05, 0) is 23.1 Å². The van der Waals surface area contributed by atoms with Crippen molar-refractivity contribution in [3.8, 4) is 5.75 Å². The van der Waals surface area contributed by atoms with E-state index in [2.05, 4.69) is 20.8 Å². The van der Waals surface area contributed by atoms with E-state index < -0.39 is 42.5 Å². The highest BCUT2D eigenvalue weighted by molar-refractivity contribution is 5.68. The molecule has 8 heteroatoms. The summed E-state index contributed by atoms with van der Waals surface area (Å²) in [5.74, 6) is -1.31. The highest BCUT2D eigenvalue weighted by atomic mass is 16.7. The molecule has 0 bridgehead atoms. The summed E-state index contributed by atoms with van der Waals surface area (Å²) >= 11 is 0. The molecule has 0 spiro atoms. The Balaban J connectivity index is 2.25. The smallest absolute Gasteiger partial charge is 0.303 e. The Bertz CT molecular complexity index is 734. The molecule has 0 N–H and O–H groups in total. The second kappa shape index (κ2) is 9.26. The molecule has 0 aliphatic carbocycles. The summed E-state index contributed by atoms with van der Waals surface area (Å²) in [5.41, 5.74) is 1.11. The number of hydrogen-bond acceptors (Lipinski definition) is 8. The summed E-state index contributed by atoms with van der Waals surface area (Å²) in [4.78, 5) is 34.6. The Morgan fingerprint density at radius 1 is 0.862 bits per heavy atom. The SMILES string of the molecule is CC(=O)O[C@@H]1[C@@H](OC(C)=O)[C@@H](Oc2ccc(C(C)(C)C)cc2)OC[C@H]1OC(C)=O. The largest absolute Gasteiger partial charge is 0.461 e. The van der Waals surface area contributed by atoms with E-state index in [4.69, 9.17) is 23.7 Å². The minimum atomic E-state index is -1.11. The number of hydrogen-bond donors (Lipinski definition) is 0. The number of benzene rings is 1. The summed E-state index contributed by atoms with van der Waals surface area (Å²) in [6, 6.07) is 7.44. The number of ether oxygens (including phenoxy) is 5. The van der Waals surface area contributed by atoms with Crippen molar-refractivity contribution in [2.75, 3.05) is 6.61 Å². The minimum absolute atomic E-state index is 0.0161. The molecule has 0 unspecified atom stereocenters. The molecular formula is C21H28O8. The van der Waals surface area contributed by atoms with E-state index >= 15 is 0 Å². The van der Waals surface area contributed by atoms with Crippen LogP contribution in [-0.2, 0) is 38.7 Å². The van der Waals surface area contributed by atoms with Gasteiger partial charge in [-0.15, -0.1) is 0 Å². The van der Waals surface area contributed by atoms with Crippen molar-refractivity contribution in [3.63, 3.8) is 0 Å². The van der Waals surface area contributed by atoms with Crippen LogP contribution < -0.4 is 4.74 Å². The molecule has 1 aromatic carbocycles. The topological polar surface area (TPSA) is 97.4 Å². The maximum absolute atomic E-state index is 11.6. The predicted molar refractivity (Wildman–Crippen MR) is 102 cm³/mol. The fourth-order valence-electron chi connectivity index (χ4n) is 2.98. The lowest BCUT2D eigenvalue weighted by atomic mass is 9.87. The van der Waals surface area contributed by atoms with Crippen LogP contribution in [-0.4, -0.2) is 49.1 Å². The average molecular weight is 408 g/mol. The normalized spacial score (nSPS) is 24.3. The van der Waals surface area contributed by atoms with Crippen LogP contribution in [0.5, 0.6) is 5.75 Å². The number of carbonyl (C=O) groups is 3. The highest BCUT2D eigenvalue weighted by Crippen LogP contribution is 2.29. The van der Waals surface area contributed by atoms with Gasteiger partial charge in [0, 0.05) is 20.8 Å². The molecule has 29 heavy (non-hydrogen) atoms. The predicted octanol–water partition coefficient (Wildman–Crippen LogP) is 2.51. The van der Waals surface area contributed by atoms with E-state index in [0.29, 0.717) is 5.75 Å². The lowest BCUT2D eigenvalue weighted by molar-refractivity contribution is -0.259. The summed E-state index contributed by atoms with van der Waals surface area (Å²) in [6.45, 7) is 9.88. The second-order valence-corrected chi connectivity index (χ2v) is 7.89. The second-order valence-electron chi connectivity index (χ2n) is 7.89. The van der Waals surface area contributed by atoms with E-state index in [-0.39, 0.29) is 12.0 Å². The summed E-state index contributed by atoms with van der Waals surface area (Å²) in [6.07, 6.45) is -4.15. The molecule has 8 nitrogen and oxygen atoms in total. The Hall–Kier alpha value is -2.61. The van der Waals surface area contributed by atoms with E-state index in [1.54, 1.807) is 12.1 Å². The van der Waals surface area contributed by atoms with Gasteiger partial charge in [0.05, 0.1) is 6.61 Å². The molecule has 4 atom stereocenters. The standard InChI is InChI=1S/C21H28O8/c1-12(22)26-17-11-25-20(19(28-14(3)24)18(17)27-13(2)23)29-16-9-7-15(8-10-16)21(4,5)6/h7-10,17-20H,11H2,1-6H3/t17-,18+,19-,20-/m1/s1. The minimum Gasteiger partial charge on any atom is -0.461 e. The molecule has 1 aromatic rings. The van der Waals surface area contributed by atoms with E-state index in [0.717, 1.165) is 5.56 Å². The molecule has 1 heterocycles. The van der Waals surface area contributed by atoms with Crippen LogP contribution in [0.3, 0.4) is 0 Å². The molecule has 0 aromatic heterocycles. The molecule has 1 saturated heterocycles. The maximum atomic E-state index is 11.6. The molecule has 1 aliphatic rings. The van der Waals surface area contributed by atoms with Crippen LogP contribution >= 0.6 is 0 Å². The van der Waals surface area contributed by atoms with Gasteiger partial charge in [-0.3, -0.25) is 14.4 Å². The van der Waals surface area contributed by atoms with Crippen molar-refractivity contribution in [2.45, 2.75) is 71.6 Å². The first-order valence-corrected chi connectivity index (χ1v) is 9.38. The first-order valence-electron chi connectivity index (χ1n) is 9.38. The summed E-state index contributed by atoms with van der Waals surface area (Å²) < 4.78 is 27.3.